The molecule has 0 aliphatic rings. The van der Waals surface area contributed by atoms with Crippen LogP contribution in [0.4, 0.5) is 5.69 Å². The van der Waals surface area contributed by atoms with Gasteiger partial charge in [-0.2, -0.15) is 0 Å². The van der Waals surface area contributed by atoms with Gasteiger partial charge in [0, 0.05) is 11.6 Å². The first-order chi connectivity index (χ1) is 5.97. The summed E-state index contributed by atoms with van der Waals surface area (Å²) in [7, 11) is 4.33. The first kappa shape index (κ1) is 10.1. The first-order valence-electron chi connectivity index (χ1n) is 4.60. The molecule has 1 aromatic rings. The lowest BCUT2D eigenvalue weighted by Crippen LogP contribution is -2.40. The molecule has 0 aromatic heterocycles. The molecule has 0 amide bonds. The van der Waals surface area contributed by atoms with Gasteiger partial charge in [-0.1, -0.05) is 0 Å². The second-order valence-electron chi connectivity index (χ2n) is 3.97. The summed E-state index contributed by atoms with van der Waals surface area (Å²) >= 11 is 0. The van der Waals surface area contributed by atoms with Crippen LogP contribution >= 0.6 is 0 Å². The molecule has 13 heavy (non-hydrogen) atoms. The minimum absolute atomic E-state index is 0.345. The third-order valence-electron chi connectivity index (χ3n) is 2.62. The molecular formula is C11H18NO+. The van der Waals surface area contributed by atoms with Gasteiger partial charge in [0.25, 0.3) is 0 Å². The van der Waals surface area contributed by atoms with Gasteiger partial charge >= 0.3 is 0 Å². The van der Waals surface area contributed by atoms with Crippen LogP contribution in [0.25, 0.3) is 0 Å². The number of phenols is 1. The fourth-order valence-electron chi connectivity index (χ4n) is 1.49. The molecule has 0 fully saturated rings. The fraction of sp³-hybridized carbons (Fsp3) is 0.455. The second-order valence-corrected chi connectivity index (χ2v) is 3.97. The van der Waals surface area contributed by atoms with Crippen LogP contribution in [0.2, 0.25) is 0 Å². The van der Waals surface area contributed by atoms with E-state index in [-0.39, 0.29) is 0 Å². The van der Waals surface area contributed by atoms with E-state index in [2.05, 4.69) is 21.0 Å². The highest BCUT2D eigenvalue weighted by atomic mass is 16.3. The molecule has 0 radical (unpaired) electrons. The van der Waals surface area contributed by atoms with Gasteiger partial charge in [0.1, 0.15) is 11.4 Å². The van der Waals surface area contributed by atoms with Crippen LogP contribution in [-0.2, 0) is 0 Å². The maximum Gasteiger partial charge on any atom is 0.135 e. The normalized spacial score (nSPS) is 11.7. The smallest absolute Gasteiger partial charge is 0.135 e. The summed E-state index contributed by atoms with van der Waals surface area (Å²) in [6.07, 6.45) is 0. The number of rotatable bonds is 2. The molecular weight excluding hydrogens is 162 g/mol. The molecule has 0 aliphatic carbocycles. The van der Waals surface area contributed by atoms with Crippen molar-refractivity contribution in [1.82, 2.24) is 4.48 Å². The number of benzene rings is 1. The molecule has 72 valence electrons. The molecule has 0 unspecified atom stereocenters. The van der Waals surface area contributed by atoms with E-state index in [4.69, 9.17) is 0 Å². The number of aryl methyl sites for hydroxylation is 1. The zero-order valence-electron chi connectivity index (χ0n) is 8.83. The highest BCUT2D eigenvalue weighted by Crippen LogP contribution is 2.26. The molecule has 0 saturated heterocycles. The van der Waals surface area contributed by atoms with Crippen LogP contribution < -0.4 is 4.48 Å². The molecule has 0 saturated carbocycles. The molecule has 2 nitrogen and oxygen atoms in total. The Bertz CT molecular complexity index is 305. The number of phenolic OH excluding ortho intramolecular Hbond substituents is 1. The number of aromatic hydroxyl groups is 1. The lowest BCUT2D eigenvalue weighted by atomic mass is 10.1. The Morgan fingerprint density at radius 2 is 1.92 bits per heavy atom. The van der Waals surface area contributed by atoms with Crippen LogP contribution in [0.15, 0.2) is 18.2 Å². The topological polar surface area (TPSA) is 20.2 Å². The summed E-state index contributed by atoms with van der Waals surface area (Å²) in [5, 5.41) is 9.27. The number of hydrogen-bond acceptors (Lipinski definition) is 1. The van der Waals surface area contributed by atoms with E-state index < -0.39 is 0 Å². The zero-order chi connectivity index (χ0) is 10.1. The minimum atomic E-state index is 0.345. The molecule has 0 bridgehead atoms. The van der Waals surface area contributed by atoms with Crippen molar-refractivity contribution in [1.29, 1.82) is 0 Å². The van der Waals surface area contributed by atoms with Crippen molar-refractivity contribution in [2.24, 2.45) is 0 Å². The minimum Gasteiger partial charge on any atom is -0.508 e. The monoisotopic (exact) mass is 180 g/mol. The van der Waals surface area contributed by atoms with Gasteiger partial charge < -0.3 is 5.11 Å². The zero-order valence-corrected chi connectivity index (χ0v) is 8.83. The summed E-state index contributed by atoms with van der Waals surface area (Å²) in [5.41, 5.74) is 2.41. The number of nitrogens with zero attached hydrogens (tertiary/aromatic N) is 1. The van der Waals surface area contributed by atoms with Crippen LogP contribution in [0.3, 0.4) is 0 Å². The van der Waals surface area contributed by atoms with Gasteiger partial charge in [-0.25, -0.2) is 0 Å². The van der Waals surface area contributed by atoms with Crippen LogP contribution in [0.1, 0.15) is 12.5 Å². The van der Waals surface area contributed by atoms with E-state index in [1.165, 1.54) is 5.69 Å². The molecule has 0 aliphatic heterocycles. The molecule has 2 heteroatoms. The number of hydrogen-bond donors (Lipinski definition) is 1. The average Bonchev–Trinajstić information content (AvgIpc) is 2.03. The molecule has 1 aromatic carbocycles. The van der Waals surface area contributed by atoms with Gasteiger partial charge in [0.2, 0.25) is 0 Å². The summed E-state index contributed by atoms with van der Waals surface area (Å²) in [5.74, 6) is 0.345. The lowest BCUT2D eigenvalue weighted by molar-refractivity contribution is 0.417. The predicted octanol–water partition coefficient (Wildman–Crippen LogP) is 2.29. The summed E-state index contributed by atoms with van der Waals surface area (Å²) in [6.45, 7) is 5.24. The largest absolute Gasteiger partial charge is 0.508 e. The third kappa shape index (κ3) is 2.01. The second kappa shape index (κ2) is 3.38. The summed E-state index contributed by atoms with van der Waals surface area (Å²) < 4.78 is 0.853. The summed E-state index contributed by atoms with van der Waals surface area (Å²) in [4.78, 5) is 0. The van der Waals surface area contributed by atoms with Gasteiger partial charge in [-0.05, 0) is 26.0 Å². The predicted molar refractivity (Wildman–Crippen MR) is 57.0 cm³/mol. The van der Waals surface area contributed by atoms with Crippen molar-refractivity contribution in [2.45, 2.75) is 13.8 Å². The van der Waals surface area contributed by atoms with E-state index in [1.54, 1.807) is 6.07 Å². The summed E-state index contributed by atoms with van der Waals surface area (Å²) in [6, 6.07) is 5.55. The van der Waals surface area contributed by atoms with Gasteiger partial charge in [-0.3, -0.25) is 4.48 Å². The molecule has 1 N–H and O–H groups in total. The molecule has 0 heterocycles. The van der Waals surface area contributed by atoms with Crippen molar-refractivity contribution in [3.05, 3.63) is 23.8 Å². The van der Waals surface area contributed by atoms with Crippen molar-refractivity contribution in [3.8, 4) is 5.75 Å². The Hall–Kier alpha value is -1.02. The van der Waals surface area contributed by atoms with Crippen LogP contribution in [-0.4, -0.2) is 25.7 Å². The van der Waals surface area contributed by atoms with Gasteiger partial charge in [0.05, 0.1) is 20.6 Å². The maximum atomic E-state index is 9.27. The Morgan fingerprint density at radius 3 is 2.38 bits per heavy atom. The Morgan fingerprint density at radius 1 is 1.31 bits per heavy atom. The first-order valence-corrected chi connectivity index (χ1v) is 4.60. The standard InChI is InChI=1S/C11H17NO/c1-5-12(3,4)11-7-6-10(13)8-9(11)2/h6-8H,5H2,1-4H3/p+1. The average molecular weight is 180 g/mol. The highest BCUT2D eigenvalue weighted by Gasteiger charge is 2.18. The molecule has 0 atom stereocenters. The fourth-order valence-corrected chi connectivity index (χ4v) is 1.49. The van der Waals surface area contributed by atoms with Gasteiger partial charge in [0.15, 0.2) is 0 Å². The van der Waals surface area contributed by atoms with E-state index in [9.17, 15) is 5.11 Å². The Labute approximate surface area is 80.0 Å². The SMILES string of the molecule is CC[N+](C)(C)c1ccc(O)cc1C. The lowest BCUT2D eigenvalue weighted by Gasteiger charge is -2.29. The van der Waals surface area contributed by atoms with Crippen molar-refractivity contribution in [3.63, 3.8) is 0 Å². The molecule has 0 spiro atoms. The van der Waals surface area contributed by atoms with E-state index >= 15 is 0 Å². The quantitative estimate of drug-likeness (QED) is 0.692. The van der Waals surface area contributed by atoms with Crippen molar-refractivity contribution >= 4 is 5.69 Å². The maximum absolute atomic E-state index is 9.27. The third-order valence-corrected chi connectivity index (χ3v) is 2.62. The Balaban J connectivity index is 3.16. The van der Waals surface area contributed by atoms with Crippen LogP contribution in [0.5, 0.6) is 5.75 Å². The van der Waals surface area contributed by atoms with E-state index in [1.807, 2.05) is 19.1 Å². The van der Waals surface area contributed by atoms with E-state index in [0.29, 0.717) is 5.75 Å². The van der Waals surface area contributed by atoms with Crippen molar-refractivity contribution in [2.75, 3.05) is 20.6 Å². The van der Waals surface area contributed by atoms with E-state index in [0.717, 1.165) is 16.6 Å². The highest BCUT2D eigenvalue weighted by molar-refractivity contribution is 5.52. The number of quaternary nitrogens is 1. The van der Waals surface area contributed by atoms with Gasteiger partial charge in [-0.15, -0.1) is 0 Å². The molecule has 1 rings (SSSR count). The van der Waals surface area contributed by atoms with Crippen molar-refractivity contribution < 1.29 is 5.11 Å². The Kier molecular flexibility index (Phi) is 2.62. The van der Waals surface area contributed by atoms with Crippen LogP contribution in [0, 0.1) is 6.92 Å².